The number of Topliss-reactive ketones (excluding diaryl/α,β-unsaturated/α-hetero) is 1. The molecule has 0 aromatic heterocycles. The van der Waals surface area contributed by atoms with Crippen molar-refractivity contribution in [3.8, 4) is 0 Å². The van der Waals surface area contributed by atoms with E-state index in [4.69, 9.17) is 0 Å². The van der Waals surface area contributed by atoms with Crippen LogP contribution in [0.3, 0.4) is 0 Å². The van der Waals surface area contributed by atoms with Gasteiger partial charge in [-0.1, -0.05) is 0 Å². The molecule has 3 atom stereocenters. The maximum absolute atomic E-state index is 11.3. The summed E-state index contributed by atoms with van der Waals surface area (Å²) in [6.07, 6.45) is 3.26. The topological polar surface area (TPSA) is 20.3 Å². The Labute approximate surface area is 93.0 Å². The minimum absolute atomic E-state index is 0.249. The van der Waals surface area contributed by atoms with Crippen LogP contribution in [0.4, 0.5) is 0 Å². The first-order valence-electron chi connectivity index (χ1n) is 6.04. The molecule has 1 saturated carbocycles. The first kappa shape index (κ1) is 11.1. The summed E-state index contributed by atoms with van der Waals surface area (Å²) in [7, 11) is 0. The van der Waals surface area contributed by atoms with Gasteiger partial charge in [-0.3, -0.25) is 4.90 Å². The molecule has 0 N–H and O–H groups in total. The van der Waals surface area contributed by atoms with Gasteiger partial charge in [-0.25, -0.2) is 0 Å². The van der Waals surface area contributed by atoms with Crippen molar-refractivity contribution in [1.82, 2.24) is 4.90 Å². The molecule has 1 aliphatic heterocycles. The fourth-order valence-corrected chi connectivity index (χ4v) is 3.82. The van der Waals surface area contributed by atoms with Crippen molar-refractivity contribution in [1.29, 1.82) is 0 Å². The maximum Gasteiger partial charge on any atom is 0.130 e. The average Bonchev–Trinajstić information content (AvgIpc) is 2.50. The fourth-order valence-electron chi connectivity index (χ4n) is 3.82. The highest BCUT2D eigenvalue weighted by Crippen LogP contribution is 2.63. The zero-order valence-electron chi connectivity index (χ0n) is 10.6. The van der Waals surface area contributed by atoms with Crippen LogP contribution < -0.4 is 0 Å². The lowest BCUT2D eigenvalue weighted by molar-refractivity contribution is -0.118. The van der Waals surface area contributed by atoms with Crippen LogP contribution in [0.15, 0.2) is 0 Å². The highest BCUT2D eigenvalue weighted by Gasteiger charge is 2.65. The molecule has 1 heterocycles. The number of nitrogens with zero attached hydrogens (tertiary/aromatic N) is 1. The SMILES string of the molecule is CC(=O)C[C@@]12C[C@@H](C)N(C(C)(C)C)[C@@H]1C2. The second-order valence-electron chi connectivity index (χ2n) is 6.59. The Hall–Kier alpha value is -0.370. The number of piperidine rings is 1. The lowest BCUT2D eigenvalue weighted by Gasteiger charge is -2.37. The van der Waals surface area contributed by atoms with E-state index in [1.54, 1.807) is 6.92 Å². The number of carbonyl (C=O) groups is 1. The molecule has 1 aliphatic carbocycles. The van der Waals surface area contributed by atoms with Gasteiger partial charge in [0.1, 0.15) is 5.78 Å². The van der Waals surface area contributed by atoms with E-state index >= 15 is 0 Å². The Balaban J connectivity index is 2.12. The Morgan fingerprint density at radius 2 is 2.00 bits per heavy atom. The second kappa shape index (κ2) is 3.07. The van der Waals surface area contributed by atoms with Gasteiger partial charge in [0.2, 0.25) is 0 Å². The number of fused-ring (bicyclic) bond motifs is 1. The van der Waals surface area contributed by atoms with E-state index in [2.05, 4.69) is 32.6 Å². The fraction of sp³-hybridized carbons (Fsp3) is 0.923. The molecule has 86 valence electrons. The highest BCUT2D eigenvalue weighted by atomic mass is 16.1. The Kier molecular flexibility index (Phi) is 2.27. The van der Waals surface area contributed by atoms with Gasteiger partial charge in [0.05, 0.1) is 0 Å². The lowest BCUT2D eigenvalue weighted by atomic mass is 9.94. The molecule has 2 fully saturated rings. The van der Waals surface area contributed by atoms with Crippen molar-refractivity contribution >= 4 is 5.78 Å². The van der Waals surface area contributed by atoms with Gasteiger partial charge in [0.25, 0.3) is 0 Å². The maximum atomic E-state index is 11.3. The Morgan fingerprint density at radius 1 is 1.40 bits per heavy atom. The van der Waals surface area contributed by atoms with Gasteiger partial charge >= 0.3 is 0 Å². The van der Waals surface area contributed by atoms with Crippen LogP contribution in [-0.4, -0.2) is 28.3 Å². The molecule has 2 nitrogen and oxygen atoms in total. The quantitative estimate of drug-likeness (QED) is 0.697. The van der Waals surface area contributed by atoms with E-state index in [9.17, 15) is 4.79 Å². The van der Waals surface area contributed by atoms with E-state index in [0.29, 0.717) is 23.3 Å². The molecular formula is C13H23NO. The Bertz CT molecular complexity index is 291. The summed E-state index contributed by atoms with van der Waals surface area (Å²) in [4.78, 5) is 13.9. The number of carbonyl (C=O) groups excluding carboxylic acids is 1. The van der Waals surface area contributed by atoms with Gasteiger partial charge in [-0.15, -0.1) is 0 Å². The van der Waals surface area contributed by atoms with Gasteiger partial charge < -0.3 is 4.79 Å². The molecule has 0 bridgehead atoms. The third kappa shape index (κ3) is 1.73. The predicted molar refractivity (Wildman–Crippen MR) is 61.8 cm³/mol. The highest BCUT2D eigenvalue weighted by molar-refractivity contribution is 5.77. The van der Waals surface area contributed by atoms with Crippen molar-refractivity contribution in [2.75, 3.05) is 0 Å². The van der Waals surface area contributed by atoms with Gasteiger partial charge in [-0.05, 0) is 52.9 Å². The van der Waals surface area contributed by atoms with Crippen molar-refractivity contribution in [3.05, 3.63) is 0 Å². The largest absolute Gasteiger partial charge is 0.300 e. The summed E-state index contributed by atoms with van der Waals surface area (Å²) in [5, 5.41) is 0. The standard InChI is InChI=1S/C13H23NO/c1-9-6-13(7-10(2)15)8-11(13)14(9)12(3,4)5/h9,11H,6-8H2,1-5H3/t9-,11-,13-/m1/s1. The van der Waals surface area contributed by atoms with Gasteiger partial charge in [0, 0.05) is 24.0 Å². The second-order valence-corrected chi connectivity index (χ2v) is 6.59. The van der Waals surface area contributed by atoms with Crippen molar-refractivity contribution in [2.24, 2.45) is 5.41 Å². The van der Waals surface area contributed by atoms with Crippen LogP contribution >= 0.6 is 0 Å². The summed E-state index contributed by atoms with van der Waals surface area (Å²) >= 11 is 0. The molecule has 0 aromatic rings. The van der Waals surface area contributed by atoms with E-state index < -0.39 is 0 Å². The molecule has 0 unspecified atom stereocenters. The van der Waals surface area contributed by atoms with E-state index in [1.807, 2.05) is 0 Å². The molecule has 2 rings (SSSR count). The third-order valence-corrected chi connectivity index (χ3v) is 4.03. The number of likely N-dealkylation sites (tertiary alicyclic amines) is 1. The van der Waals surface area contributed by atoms with Gasteiger partial charge in [-0.2, -0.15) is 0 Å². The van der Waals surface area contributed by atoms with Crippen LogP contribution in [0.25, 0.3) is 0 Å². The van der Waals surface area contributed by atoms with Crippen molar-refractivity contribution in [3.63, 3.8) is 0 Å². The molecule has 0 radical (unpaired) electrons. The molecule has 1 saturated heterocycles. The van der Waals surface area contributed by atoms with Crippen LogP contribution in [0, 0.1) is 5.41 Å². The molecule has 0 aromatic carbocycles. The zero-order valence-corrected chi connectivity index (χ0v) is 10.6. The number of hydrogen-bond donors (Lipinski definition) is 0. The minimum atomic E-state index is 0.249. The average molecular weight is 209 g/mol. The smallest absolute Gasteiger partial charge is 0.130 e. The van der Waals surface area contributed by atoms with E-state index in [1.165, 1.54) is 12.8 Å². The van der Waals surface area contributed by atoms with Crippen LogP contribution in [0.2, 0.25) is 0 Å². The first-order chi connectivity index (χ1) is 6.76. The van der Waals surface area contributed by atoms with Crippen molar-refractivity contribution in [2.45, 2.75) is 71.5 Å². The summed E-state index contributed by atoms with van der Waals surface area (Å²) in [6.45, 7) is 10.9. The Morgan fingerprint density at radius 3 is 2.40 bits per heavy atom. The van der Waals surface area contributed by atoms with Crippen molar-refractivity contribution < 1.29 is 4.79 Å². The van der Waals surface area contributed by atoms with Crippen LogP contribution in [-0.2, 0) is 4.79 Å². The molecular weight excluding hydrogens is 186 g/mol. The molecule has 0 spiro atoms. The molecule has 2 aliphatic rings. The van der Waals surface area contributed by atoms with Crippen LogP contribution in [0.5, 0.6) is 0 Å². The minimum Gasteiger partial charge on any atom is -0.300 e. The van der Waals surface area contributed by atoms with E-state index in [0.717, 1.165) is 6.42 Å². The predicted octanol–water partition coefficient (Wildman–Crippen LogP) is 2.62. The lowest BCUT2D eigenvalue weighted by Crippen LogP contribution is -2.45. The summed E-state index contributed by atoms with van der Waals surface area (Å²) < 4.78 is 0. The number of hydrogen-bond acceptors (Lipinski definition) is 2. The molecule has 2 heteroatoms. The first-order valence-corrected chi connectivity index (χ1v) is 6.04. The zero-order chi connectivity index (χ0) is 11.4. The molecule has 15 heavy (non-hydrogen) atoms. The number of rotatable bonds is 2. The van der Waals surface area contributed by atoms with E-state index in [-0.39, 0.29) is 5.54 Å². The third-order valence-electron chi connectivity index (χ3n) is 4.03. The monoisotopic (exact) mass is 209 g/mol. The summed E-state index contributed by atoms with van der Waals surface area (Å²) in [5.74, 6) is 0.362. The molecule has 0 amide bonds. The normalized spacial score (nSPS) is 40.3. The summed E-state index contributed by atoms with van der Waals surface area (Å²) in [6, 6.07) is 1.32. The summed E-state index contributed by atoms with van der Waals surface area (Å²) in [5.41, 5.74) is 0.609. The van der Waals surface area contributed by atoms with Crippen LogP contribution in [0.1, 0.15) is 53.9 Å². The van der Waals surface area contributed by atoms with Gasteiger partial charge in [0.15, 0.2) is 0 Å². The number of ketones is 1.